The Labute approximate surface area is 300 Å². The molecule has 2 heterocycles. The summed E-state index contributed by atoms with van der Waals surface area (Å²) < 4.78 is 2.66. The van der Waals surface area contributed by atoms with E-state index < -0.39 is 0 Å². The number of thiophene rings is 1. The maximum atomic E-state index is 11.8. The van der Waals surface area contributed by atoms with E-state index in [4.69, 9.17) is 4.98 Å². The Hall–Kier alpha value is -2.85. The van der Waals surface area contributed by atoms with Crippen LogP contribution in [0.1, 0.15) is 100 Å². The first-order valence-corrected chi connectivity index (χ1v) is 17.5. The van der Waals surface area contributed by atoms with Crippen LogP contribution in [0.2, 0.25) is 0 Å². The second-order valence-corrected chi connectivity index (χ2v) is 16.3. The molecule has 0 unspecified atom stereocenters. The van der Waals surface area contributed by atoms with Crippen LogP contribution in [0, 0.1) is 22.8 Å². The largest absolute Gasteiger partial charge is 0.512 e. The number of aliphatic hydroxyl groups excluding tert-OH is 1. The SMILES string of the molecule is CC(C)Cc1cccc2c1sc1c(-c3[c-]c4ccccc4c(C(C)(C)C)c3)nccc12.CCC(C)(C)C(=O)/C=C(\O)C(C)(C)CC.[Ir]. The van der Waals surface area contributed by atoms with E-state index in [9.17, 15) is 9.90 Å². The molecule has 0 spiro atoms. The monoisotopic (exact) mass is 827 g/mol. The number of hydrogen-bond donors (Lipinski definition) is 1. The van der Waals surface area contributed by atoms with Gasteiger partial charge in [-0.25, -0.2) is 0 Å². The van der Waals surface area contributed by atoms with Gasteiger partial charge in [0.05, 0.1) is 0 Å². The van der Waals surface area contributed by atoms with Crippen molar-refractivity contribution in [2.45, 2.75) is 101 Å². The average molecular weight is 827 g/mol. The van der Waals surface area contributed by atoms with Crippen molar-refractivity contribution >= 4 is 48.1 Å². The fourth-order valence-electron chi connectivity index (χ4n) is 5.42. The zero-order valence-corrected chi connectivity index (χ0v) is 33.3. The van der Waals surface area contributed by atoms with E-state index >= 15 is 0 Å². The maximum absolute atomic E-state index is 11.8. The van der Waals surface area contributed by atoms with Gasteiger partial charge in [0.15, 0.2) is 5.78 Å². The molecule has 1 radical (unpaired) electrons. The van der Waals surface area contributed by atoms with Gasteiger partial charge in [-0.1, -0.05) is 124 Å². The molecule has 0 saturated heterocycles. The molecule has 1 N–H and O–H groups in total. The minimum Gasteiger partial charge on any atom is -0.512 e. The van der Waals surface area contributed by atoms with Crippen LogP contribution in [0.15, 0.2) is 72.6 Å². The molecular formula is C42H52IrNO2S-. The van der Waals surface area contributed by atoms with Gasteiger partial charge >= 0.3 is 0 Å². The molecule has 0 aliphatic heterocycles. The van der Waals surface area contributed by atoms with Crippen molar-refractivity contribution < 1.29 is 30.0 Å². The number of aromatic nitrogens is 1. The van der Waals surface area contributed by atoms with Crippen molar-refractivity contribution in [1.82, 2.24) is 4.98 Å². The summed E-state index contributed by atoms with van der Waals surface area (Å²) in [5, 5.41) is 14.9. The molecule has 0 saturated carbocycles. The second-order valence-electron chi connectivity index (χ2n) is 15.3. The number of hydrogen-bond acceptors (Lipinski definition) is 4. The normalized spacial score (nSPS) is 12.7. The Kier molecular flexibility index (Phi) is 12.4. The van der Waals surface area contributed by atoms with Crippen molar-refractivity contribution in [3.05, 3.63) is 89.8 Å². The summed E-state index contributed by atoms with van der Waals surface area (Å²) in [6.07, 6.45) is 6.05. The number of aliphatic hydroxyl groups is 1. The van der Waals surface area contributed by atoms with E-state index in [1.807, 2.05) is 59.1 Å². The summed E-state index contributed by atoms with van der Waals surface area (Å²) in [6, 6.07) is 23.5. The van der Waals surface area contributed by atoms with Crippen molar-refractivity contribution in [3.8, 4) is 11.3 Å². The summed E-state index contributed by atoms with van der Waals surface area (Å²) in [5.74, 6) is 0.831. The second kappa shape index (κ2) is 15.1. The Morgan fingerprint density at radius 2 is 1.49 bits per heavy atom. The third-order valence-corrected chi connectivity index (χ3v) is 10.7. The summed E-state index contributed by atoms with van der Waals surface area (Å²) in [4.78, 5) is 16.7. The number of benzene rings is 3. The van der Waals surface area contributed by atoms with Gasteiger partial charge in [-0.3, -0.25) is 9.78 Å². The Morgan fingerprint density at radius 1 is 0.872 bits per heavy atom. The van der Waals surface area contributed by atoms with Crippen LogP contribution >= 0.6 is 11.3 Å². The van der Waals surface area contributed by atoms with Crippen molar-refractivity contribution in [3.63, 3.8) is 0 Å². The summed E-state index contributed by atoms with van der Waals surface area (Å²) in [7, 11) is 0. The molecule has 5 heteroatoms. The van der Waals surface area contributed by atoms with E-state index in [-0.39, 0.29) is 47.9 Å². The third-order valence-electron chi connectivity index (χ3n) is 9.36. The molecule has 0 atom stereocenters. The Bertz CT molecular complexity index is 1890. The number of nitrogens with zero attached hydrogens (tertiary/aromatic N) is 1. The molecule has 47 heavy (non-hydrogen) atoms. The maximum Gasteiger partial charge on any atom is 0.164 e. The molecule has 3 nitrogen and oxygen atoms in total. The topological polar surface area (TPSA) is 50.2 Å². The van der Waals surface area contributed by atoms with Crippen LogP contribution in [0.25, 0.3) is 42.2 Å². The van der Waals surface area contributed by atoms with Gasteiger partial charge < -0.3 is 5.11 Å². The van der Waals surface area contributed by atoms with Gasteiger partial charge in [0.2, 0.25) is 0 Å². The van der Waals surface area contributed by atoms with Crippen LogP contribution in [-0.2, 0) is 36.7 Å². The van der Waals surface area contributed by atoms with Gasteiger partial charge in [0.25, 0.3) is 0 Å². The van der Waals surface area contributed by atoms with Crippen LogP contribution in [-0.4, -0.2) is 15.9 Å². The molecule has 0 aliphatic rings. The van der Waals surface area contributed by atoms with Crippen LogP contribution in [0.3, 0.4) is 0 Å². The minimum atomic E-state index is -0.377. The fraction of sp³-hybridized carbons (Fsp3) is 0.429. The summed E-state index contributed by atoms with van der Waals surface area (Å²) in [5.41, 5.74) is 4.28. The summed E-state index contributed by atoms with van der Waals surface area (Å²) >= 11 is 1.89. The van der Waals surface area contributed by atoms with E-state index in [1.165, 1.54) is 42.8 Å². The van der Waals surface area contributed by atoms with E-state index in [0.717, 1.165) is 35.9 Å². The first-order valence-electron chi connectivity index (χ1n) is 16.7. The van der Waals surface area contributed by atoms with Crippen LogP contribution in [0.4, 0.5) is 0 Å². The van der Waals surface area contributed by atoms with Gasteiger partial charge in [-0.05, 0) is 47.6 Å². The predicted octanol–water partition coefficient (Wildman–Crippen LogP) is 12.4. The average Bonchev–Trinajstić information content (AvgIpc) is 3.40. The first kappa shape index (κ1) is 38.6. The first-order chi connectivity index (χ1) is 21.5. The smallest absolute Gasteiger partial charge is 0.164 e. The number of fused-ring (bicyclic) bond motifs is 4. The quantitative estimate of drug-likeness (QED) is 0.0963. The third kappa shape index (κ3) is 8.60. The molecule has 0 aliphatic carbocycles. The fourth-order valence-corrected chi connectivity index (χ4v) is 6.75. The number of rotatable bonds is 8. The molecule has 3 aromatic carbocycles. The van der Waals surface area contributed by atoms with Crippen LogP contribution in [0.5, 0.6) is 0 Å². The number of carbonyl (C=O) groups is 1. The van der Waals surface area contributed by atoms with Crippen molar-refractivity contribution in [1.29, 1.82) is 0 Å². The standard InChI is InChI=1S/C29H28NS.C13H24O2.Ir/c1-18(2)15-20-10-8-12-23-24-13-14-30-26(28(24)31-27(20)23)21-16-19-9-6-7-11-22(19)25(17-21)29(3,4)5;1-7-12(3,4)10(14)9-11(15)13(5,6)8-2;/h6-14,17-18H,15H2,1-5H3;9,14H,7-8H2,1-6H3;/q-1;;/b;10-9-;. The Morgan fingerprint density at radius 3 is 2.11 bits per heavy atom. The van der Waals surface area contributed by atoms with Gasteiger partial charge in [0.1, 0.15) is 5.76 Å². The predicted molar refractivity (Wildman–Crippen MR) is 200 cm³/mol. The molecule has 253 valence electrons. The molecule has 5 rings (SSSR count). The zero-order chi connectivity index (χ0) is 34.0. The molecule has 5 aromatic rings. The van der Waals surface area contributed by atoms with Gasteiger partial charge in [0, 0.05) is 63.7 Å². The summed E-state index contributed by atoms with van der Waals surface area (Å²) in [6.45, 7) is 23.1. The number of carbonyl (C=O) groups excluding carboxylic acids is 1. The van der Waals surface area contributed by atoms with Crippen LogP contribution < -0.4 is 0 Å². The van der Waals surface area contributed by atoms with E-state index in [0.29, 0.717) is 5.92 Å². The number of pyridine rings is 1. The number of allylic oxidation sites excluding steroid dienone is 2. The molecule has 0 bridgehead atoms. The van der Waals surface area contributed by atoms with Gasteiger partial charge in [-0.15, -0.1) is 40.5 Å². The van der Waals surface area contributed by atoms with E-state index in [1.54, 1.807) is 0 Å². The number of ketones is 1. The van der Waals surface area contributed by atoms with E-state index in [2.05, 4.69) is 95.3 Å². The van der Waals surface area contributed by atoms with Gasteiger partial charge in [-0.2, -0.15) is 0 Å². The molecule has 2 aromatic heterocycles. The van der Waals surface area contributed by atoms with Crippen molar-refractivity contribution in [2.24, 2.45) is 16.7 Å². The minimum absolute atomic E-state index is 0. The molecular weight excluding hydrogens is 775 g/mol. The van der Waals surface area contributed by atoms with Crippen molar-refractivity contribution in [2.75, 3.05) is 0 Å². The zero-order valence-electron chi connectivity index (χ0n) is 30.1. The Balaban J connectivity index is 0.000000322. The molecule has 0 fully saturated rings. The molecule has 0 amide bonds.